The lowest BCUT2D eigenvalue weighted by Crippen LogP contribution is -1.98. The molecule has 21 heavy (non-hydrogen) atoms. The van der Waals surface area contributed by atoms with Crippen molar-refractivity contribution in [1.29, 1.82) is 0 Å². The number of nitrogens with zero attached hydrogens (tertiary/aromatic N) is 1. The lowest BCUT2D eigenvalue weighted by molar-refractivity contribution is 0.302. The quantitative estimate of drug-likeness (QED) is 0.616. The Bertz CT molecular complexity index is 756. The van der Waals surface area contributed by atoms with Crippen molar-refractivity contribution >= 4 is 34.1 Å². The standard InChI is InChI=1S/C17H13Cl2NO/c18-10-12-1-7-16(8-2-12)21-11-15-6-4-13-3-5-14(19)9-17(13)20-15/h1-9H,10-11H2. The summed E-state index contributed by atoms with van der Waals surface area (Å²) in [5.74, 6) is 1.31. The van der Waals surface area contributed by atoms with Crippen LogP contribution in [-0.2, 0) is 12.5 Å². The van der Waals surface area contributed by atoms with Gasteiger partial charge < -0.3 is 4.74 Å². The minimum Gasteiger partial charge on any atom is -0.487 e. The van der Waals surface area contributed by atoms with Gasteiger partial charge in [-0.2, -0.15) is 0 Å². The van der Waals surface area contributed by atoms with E-state index in [4.69, 9.17) is 27.9 Å². The smallest absolute Gasteiger partial charge is 0.130 e. The molecule has 0 unspecified atom stereocenters. The molecule has 0 bridgehead atoms. The number of hydrogen-bond donors (Lipinski definition) is 0. The van der Waals surface area contributed by atoms with E-state index >= 15 is 0 Å². The first-order valence-electron chi connectivity index (χ1n) is 6.57. The van der Waals surface area contributed by atoms with Crippen molar-refractivity contribution in [3.05, 3.63) is 70.9 Å². The summed E-state index contributed by atoms with van der Waals surface area (Å²) < 4.78 is 5.73. The van der Waals surface area contributed by atoms with Gasteiger partial charge in [-0.15, -0.1) is 11.6 Å². The van der Waals surface area contributed by atoms with Crippen molar-refractivity contribution < 1.29 is 4.74 Å². The van der Waals surface area contributed by atoms with Gasteiger partial charge in [0.1, 0.15) is 12.4 Å². The minimum absolute atomic E-state index is 0.419. The van der Waals surface area contributed by atoms with Crippen LogP contribution in [0.4, 0.5) is 0 Å². The predicted octanol–water partition coefficient (Wildman–Crippen LogP) is 5.21. The number of pyridine rings is 1. The maximum absolute atomic E-state index is 5.99. The van der Waals surface area contributed by atoms with Crippen LogP contribution in [0.2, 0.25) is 5.02 Å². The number of fused-ring (bicyclic) bond motifs is 1. The molecule has 0 aliphatic heterocycles. The van der Waals surface area contributed by atoms with E-state index < -0.39 is 0 Å². The largest absolute Gasteiger partial charge is 0.487 e. The van der Waals surface area contributed by atoms with Crippen LogP contribution < -0.4 is 4.74 Å². The van der Waals surface area contributed by atoms with Gasteiger partial charge in [-0.1, -0.05) is 35.9 Å². The van der Waals surface area contributed by atoms with Crippen molar-refractivity contribution in [2.24, 2.45) is 0 Å². The molecular formula is C17H13Cl2NO. The molecule has 0 atom stereocenters. The molecule has 0 saturated heterocycles. The Balaban J connectivity index is 1.74. The molecule has 0 aliphatic carbocycles. The molecule has 0 N–H and O–H groups in total. The van der Waals surface area contributed by atoms with E-state index in [0.29, 0.717) is 17.5 Å². The summed E-state index contributed by atoms with van der Waals surface area (Å²) in [4.78, 5) is 4.55. The Morgan fingerprint density at radius 3 is 2.48 bits per heavy atom. The highest BCUT2D eigenvalue weighted by atomic mass is 35.5. The van der Waals surface area contributed by atoms with Gasteiger partial charge in [-0.25, -0.2) is 4.98 Å². The maximum atomic E-state index is 5.99. The minimum atomic E-state index is 0.419. The highest BCUT2D eigenvalue weighted by Crippen LogP contribution is 2.19. The van der Waals surface area contributed by atoms with Gasteiger partial charge >= 0.3 is 0 Å². The van der Waals surface area contributed by atoms with Gasteiger partial charge in [-0.05, 0) is 35.9 Å². The topological polar surface area (TPSA) is 22.1 Å². The van der Waals surface area contributed by atoms with Gasteiger partial charge in [0.15, 0.2) is 0 Å². The third kappa shape index (κ3) is 3.46. The molecule has 0 fully saturated rings. The molecule has 2 nitrogen and oxygen atoms in total. The molecule has 0 spiro atoms. The van der Waals surface area contributed by atoms with E-state index in [9.17, 15) is 0 Å². The lowest BCUT2D eigenvalue weighted by Gasteiger charge is -2.07. The fourth-order valence-electron chi connectivity index (χ4n) is 2.04. The average molecular weight is 318 g/mol. The van der Waals surface area contributed by atoms with Crippen LogP contribution in [0, 0.1) is 0 Å². The molecule has 106 valence electrons. The van der Waals surface area contributed by atoms with E-state index in [1.54, 1.807) is 0 Å². The van der Waals surface area contributed by atoms with Crippen molar-refractivity contribution in [2.45, 2.75) is 12.5 Å². The number of hydrogen-bond acceptors (Lipinski definition) is 2. The molecule has 1 aromatic heterocycles. The molecule has 3 aromatic rings. The molecule has 4 heteroatoms. The van der Waals surface area contributed by atoms with Crippen molar-refractivity contribution in [2.75, 3.05) is 0 Å². The SMILES string of the molecule is ClCc1ccc(OCc2ccc3ccc(Cl)cc3n2)cc1. The van der Waals surface area contributed by atoms with E-state index in [-0.39, 0.29) is 0 Å². The van der Waals surface area contributed by atoms with Gasteiger partial charge in [-0.3, -0.25) is 0 Å². The summed E-state index contributed by atoms with van der Waals surface area (Å²) in [5.41, 5.74) is 2.81. The average Bonchev–Trinajstić information content (AvgIpc) is 2.53. The molecule has 1 heterocycles. The number of rotatable bonds is 4. The van der Waals surface area contributed by atoms with Crippen LogP contribution >= 0.6 is 23.2 Å². The Hall–Kier alpha value is -1.77. The number of benzene rings is 2. The Morgan fingerprint density at radius 2 is 1.71 bits per heavy atom. The Kier molecular flexibility index (Phi) is 4.28. The molecule has 3 rings (SSSR count). The van der Waals surface area contributed by atoms with E-state index in [1.807, 2.05) is 54.6 Å². The van der Waals surface area contributed by atoms with Crippen molar-refractivity contribution in [1.82, 2.24) is 4.98 Å². The van der Waals surface area contributed by atoms with E-state index in [1.165, 1.54) is 0 Å². The second kappa shape index (κ2) is 6.33. The summed E-state index contributed by atoms with van der Waals surface area (Å²) in [6, 6.07) is 17.4. The van der Waals surface area contributed by atoms with Crippen LogP contribution in [0.25, 0.3) is 10.9 Å². The second-order valence-corrected chi connectivity index (χ2v) is 5.41. The highest BCUT2D eigenvalue weighted by molar-refractivity contribution is 6.31. The normalized spacial score (nSPS) is 10.8. The van der Waals surface area contributed by atoms with Crippen molar-refractivity contribution in [3.8, 4) is 5.75 Å². The predicted molar refractivity (Wildman–Crippen MR) is 87.1 cm³/mol. The fraction of sp³-hybridized carbons (Fsp3) is 0.118. The molecule has 2 aromatic carbocycles. The number of aromatic nitrogens is 1. The zero-order chi connectivity index (χ0) is 14.7. The lowest BCUT2D eigenvalue weighted by atomic mass is 10.2. The molecule has 0 saturated carbocycles. The first-order chi connectivity index (χ1) is 10.2. The summed E-state index contributed by atoms with van der Waals surface area (Å²) in [6.07, 6.45) is 0. The summed E-state index contributed by atoms with van der Waals surface area (Å²) >= 11 is 11.7. The summed E-state index contributed by atoms with van der Waals surface area (Å²) in [7, 11) is 0. The van der Waals surface area contributed by atoms with Gasteiger partial charge in [0, 0.05) is 16.3 Å². The molecular weight excluding hydrogens is 305 g/mol. The molecule has 0 radical (unpaired) electrons. The molecule has 0 aliphatic rings. The summed E-state index contributed by atoms with van der Waals surface area (Å²) in [5, 5.41) is 1.75. The van der Waals surface area contributed by atoms with Crippen LogP contribution in [0.15, 0.2) is 54.6 Å². The Morgan fingerprint density at radius 1 is 0.952 bits per heavy atom. The third-order valence-corrected chi connectivity index (χ3v) is 3.72. The van der Waals surface area contributed by atoms with E-state index in [0.717, 1.165) is 27.9 Å². The van der Waals surface area contributed by atoms with E-state index in [2.05, 4.69) is 4.98 Å². The van der Waals surface area contributed by atoms with Crippen LogP contribution in [0.3, 0.4) is 0 Å². The third-order valence-electron chi connectivity index (χ3n) is 3.18. The first kappa shape index (κ1) is 14.2. The van der Waals surface area contributed by atoms with Crippen LogP contribution in [-0.4, -0.2) is 4.98 Å². The monoisotopic (exact) mass is 317 g/mol. The highest BCUT2D eigenvalue weighted by Gasteiger charge is 2.01. The molecule has 0 amide bonds. The number of ether oxygens (including phenoxy) is 1. The zero-order valence-corrected chi connectivity index (χ0v) is 12.7. The maximum Gasteiger partial charge on any atom is 0.130 e. The zero-order valence-electron chi connectivity index (χ0n) is 11.2. The number of alkyl halides is 1. The number of halogens is 2. The first-order valence-corrected chi connectivity index (χ1v) is 7.49. The second-order valence-electron chi connectivity index (χ2n) is 4.71. The van der Waals surface area contributed by atoms with Crippen molar-refractivity contribution in [3.63, 3.8) is 0 Å². The van der Waals surface area contributed by atoms with Gasteiger partial charge in [0.2, 0.25) is 0 Å². The van der Waals surface area contributed by atoms with Gasteiger partial charge in [0.25, 0.3) is 0 Å². The van der Waals surface area contributed by atoms with Crippen LogP contribution in [0.1, 0.15) is 11.3 Å². The van der Waals surface area contributed by atoms with Crippen LogP contribution in [0.5, 0.6) is 5.75 Å². The Labute approximate surface area is 133 Å². The van der Waals surface area contributed by atoms with Gasteiger partial charge in [0.05, 0.1) is 11.2 Å². The fourth-order valence-corrected chi connectivity index (χ4v) is 2.39. The summed E-state index contributed by atoms with van der Waals surface area (Å²) in [6.45, 7) is 0.419.